The van der Waals surface area contributed by atoms with Gasteiger partial charge < -0.3 is 0 Å². The van der Waals surface area contributed by atoms with Crippen molar-refractivity contribution in [1.29, 1.82) is 0 Å². The maximum Gasteiger partial charge on any atom is 0.241 e. The summed E-state index contributed by atoms with van der Waals surface area (Å²) in [5.74, 6) is -0.665. The number of pyridine rings is 1. The lowest BCUT2D eigenvalue weighted by Crippen LogP contribution is -2.35. The number of aromatic nitrogens is 2. The third-order valence-corrected chi connectivity index (χ3v) is 8.00. The quantitative estimate of drug-likeness (QED) is 0.289. The molecule has 0 aliphatic rings. The molecule has 5 rings (SSSR count). The zero-order valence-corrected chi connectivity index (χ0v) is 21.1. The minimum atomic E-state index is -3.37. The molecule has 0 saturated heterocycles. The first-order valence-electron chi connectivity index (χ1n) is 11.3. The van der Waals surface area contributed by atoms with E-state index >= 15 is 0 Å². The Morgan fingerprint density at radius 3 is 2.17 bits per heavy atom. The summed E-state index contributed by atoms with van der Waals surface area (Å²) in [7, 11) is -3.37. The number of amides is 1. The molecule has 3 aromatic carbocycles. The van der Waals surface area contributed by atoms with Crippen molar-refractivity contribution in [3.63, 3.8) is 0 Å². The SMILES string of the molecule is CS(=O)(=O)c1ccc2nc(N(Cc3cccnc3)C(=O)C(c3ccccc3)c3ccccc3)sc2c1. The van der Waals surface area contributed by atoms with E-state index in [1.165, 1.54) is 17.6 Å². The van der Waals surface area contributed by atoms with Crippen molar-refractivity contribution in [2.75, 3.05) is 11.2 Å². The number of anilines is 1. The summed E-state index contributed by atoms with van der Waals surface area (Å²) in [5.41, 5.74) is 3.26. The molecule has 180 valence electrons. The monoisotopic (exact) mass is 513 g/mol. The second kappa shape index (κ2) is 10.0. The Hall–Kier alpha value is -3.88. The van der Waals surface area contributed by atoms with Gasteiger partial charge in [0.15, 0.2) is 15.0 Å². The van der Waals surface area contributed by atoms with Crippen LogP contribution in [0.1, 0.15) is 22.6 Å². The Balaban J connectivity index is 1.63. The third-order valence-electron chi connectivity index (χ3n) is 5.85. The number of carbonyl (C=O) groups excluding carboxylic acids is 1. The average Bonchev–Trinajstić information content (AvgIpc) is 3.32. The van der Waals surface area contributed by atoms with E-state index in [1.54, 1.807) is 35.5 Å². The Morgan fingerprint density at radius 1 is 0.917 bits per heavy atom. The van der Waals surface area contributed by atoms with Crippen LogP contribution in [0.5, 0.6) is 0 Å². The highest BCUT2D eigenvalue weighted by atomic mass is 32.2. The van der Waals surface area contributed by atoms with E-state index in [1.807, 2.05) is 72.8 Å². The first-order valence-corrected chi connectivity index (χ1v) is 14.0. The first-order chi connectivity index (χ1) is 17.4. The molecule has 0 aliphatic carbocycles. The fourth-order valence-electron chi connectivity index (χ4n) is 4.08. The smallest absolute Gasteiger partial charge is 0.241 e. The lowest BCUT2D eigenvalue weighted by molar-refractivity contribution is -0.119. The molecule has 0 atom stereocenters. The first kappa shape index (κ1) is 23.8. The number of hydrogen-bond acceptors (Lipinski definition) is 6. The van der Waals surface area contributed by atoms with Crippen molar-refractivity contribution in [2.24, 2.45) is 0 Å². The van der Waals surface area contributed by atoms with Gasteiger partial charge >= 0.3 is 0 Å². The lowest BCUT2D eigenvalue weighted by atomic mass is 9.90. The molecule has 0 bridgehead atoms. The van der Waals surface area contributed by atoms with Gasteiger partial charge in [-0.3, -0.25) is 14.7 Å². The summed E-state index contributed by atoms with van der Waals surface area (Å²) in [6.45, 7) is 0.279. The summed E-state index contributed by atoms with van der Waals surface area (Å²) in [6.07, 6.45) is 4.60. The molecule has 0 fully saturated rings. The maximum atomic E-state index is 14.3. The number of nitrogens with zero attached hydrogens (tertiary/aromatic N) is 3. The van der Waals surface area contributed by atoms with Gasteiger partial charge in [-0.2, -0.15) is 0 Å². The van der Waals surface area contributed by atoms with Crippen molar-refractivity contribution in [3.8, 4) is 0 Å². The van der Waals surface area contributed by atoms with Gasteiger partial charge in [-0.25, -0.2) is 13.4 Å². The zero-order chi connectivity index (χ0) is 25.1. The van der Waals surface area contributed by atoms with E-state index in [-0.39, 0.29) is 17.3 Å². The molecule has 1 amide bonds. The summed E-state index contributed by atoms with van der Waals surface area (Å²) in [5, 5.41) is 0.501. The average molecular weight is 514 g/mol. The lowest BCUT2D eigenvalue weighted by Gasteiger charge is -2.26. The predicted octanol–water partition coefficient (Wildman–Crippen LogP) is 5.46. The Kier molecular flexibility index (Phi) is 6.63. The minimum absolute atomic E-state index is 0.126. The Labute approximate surface area is 213 Å². The van der Waals surface area contributed by atoms with Gasteiger partial charge in [-0.1, -0.05) is 78.1 Å². The summed E-state index contributed by atoms with van der Waals surface area (Å²) >= 11 is 1.30. The second-order valence-electron chi connectivity index (χ2n) is 8.44. The second-order valence-corrected chi connectivity index (χ2v) is 11.5. The molecule has 0 spiro atoms. The number of sulfone groups is 1. The van der Waals surface area contributed by atoms with Crippen molar-refractivity contribution in [3.05, 3.63) is 120 Å². The van der Waals surface area contributed by atoms with Crippen LogP contribution in [-0.4, -0.2) is 30.5 Å². The van der Waals surface area contributed by atoms with E-state index in [0.29, 0.717) is 15.3 Å². The number of benzene rings is 3. The van der Waals surface area contributed by atoms with E-state index < -0.39 is 15.8 Å². The van der Waals surface area contributed by atoms with Crippen LogP contribution >= 0.6 is 11.3 Å². The molecule has 36 heavy (non-hydrogen) atoms. The highest BCUT2D eigenvalue weighted by Gasteiger charge is 2.30. The standard InChI is InChI=1S/C28H23N3O3S2/c1-36(33,34)23-14-15-24-25(17-23)35-28(30-24)31(19-20-9-8-16-29-18-20)27(32)26(21-10-4-2-5-11-21)22-12-6-3-7-13-22/h2-18,26H,19H2,1H3. The van der Waals surface area contributed by atoms with Crippen LogP contribution in [0, 0.1) is 0 Å². The van der Waals surface area contributed by atoms with Crippen LogP contribution in [-0.2, 0) is 21.2 Å². The van der Waals surface area contributed by atoms with Crippen molar-refractivity contribution >= 4 is 42.4 Å². The number of carbonyl (C=O) groups is 1. The van der Waals surface area contributed by atoms with E-state index in [4.69, 9.17) is 4.98 Å². The zero-order valence-electron chi connectivity index (χ0n) is 19.5. The van der Waals surface area contributed by atoms with Crippen LogP contribution in [0.4, 0.5) is 5.13 Å². The minimum Gasteiger partial charge on any atom is -0.283 e. The van der Waals surface area contributed by atoms with Gasteiger partial charge in [0.2, 0.25) is 5.91 Å². The van der Waals surface area contributed by atoms with Gasteiger partial charge in [0.05, 0.1) is 27.6 Å². The van der Waals surface area contributed by atoms with Crippen LogP contribution in [0.2, 0.25) is 0 Å². The highest BCUT2D eigenvalue weighted by molar-refractivity contribution is 7.90. The van der Waals surface area contributed by atoms with Crippen molar-refractivity contribution in [2.45, 2.75) is 17.4 Å². The molecule has 0 saturated carbocycles. The maximum absolute atomic E-state index is 14.3. The number of thiazole rings is 1. The van der Waals surface area contributed by atoms with E-state index in [0.717, 1.165) is 16.7 Å². The summed E-state index contributed by atoms with van der Waals surface area (Å²) in [4.78, 5) is 25.2. The normalized spacial score (nSPS) is 11.6. The molecule has 0 N–H and O–H groups in total. The van der Waals surface area contributed by atoms with Crippen molar-refractivity contribution < 1.29 is 13.2 Å². The molecule has 0 radical (unpaired) electrons. The molecule has 2 heterocycles. The van der Waals surface area contributed by atoms with Gasteiger partial charge in [-0.15, -0.1) is 0 Å². The largest absolute Gasteiger partial charge is 0.283 e. The Bertz CT molecular complexity index is 1560. The van der Waals surface area contributed by atoms with Gasteiger partial charge in [0, 0.05) is 18.6 Å². The summed E-state index contributed by atoms with van der Waals surface area (Å²) in [6, 6.07) is 28.0. The molecule has 2 aromatic heterocycles. The predicted molar refractivity (Wildman–Crippen MR) is 143 cm³/mol. The number of fused-ring (bicyclic) bond motifs is 1. The Morgan fingerprint density at radius 2 is 1.58 bits per heavy atom. The highest BCUT2D eigenvalue weighted by Crippen LogP contribution is 2.35. The third kappa shape index (κ3) is 5.05. The van der Waals surface area contributed by atoms with Crippen LogP contribution in [0.15, 0.2) is 108 Å². The van der Waals surface area contributed by atoms with Gasteiger partial charge in [0.1, 0.15) is 0 Å². The summed E-state index contributed by atoms with van der Waals surface area (Å²) < 4.78 is 24.9. The van der Waals surface area contributed by atoms with Crippen molar-refractivity contribution in [1.82, 2.24) is 9.97 Å². The van der Waals surface area contributed by atoms with E-state index in [9.17, 15) is 13.2 Å². The number of rotatable bonds is 7. The molecular weight excluding hydrogens is 490 g/mol. The van der Waals surface area contributed by atoms with E-state index in [2.05, 4.69) is 4.98 Å². The van der Waals surface area contributed by atoms with Crippen LogP contribution < -0.4 is 4.90 Å². The molecule has 5 aromatic rings. The van der Waals surface area contributed by atoms with Crippen LogP contribution in [0.3, 0.4) is 0 Å². The molecule has 8 heteroatoms. The van der Waals surface area contributed by atoms with Gasteiger partial charge in [0.25, 0.3) is 0 Å². The van der Waals surface area contributed by atoms with Gasteiger partial charge in [-0.05, 0) is 41.0 Å². The topological polar surface area (TPSA) is 80.2 Å². The van der Waals surface area contributed by atoms with Crippen LogP contribution in [0.25, 0.3) is 10.2 Å². The fraction of sp³-hybridized carbons (Fsp3) is 0.107. The molecule has 0 aliphatic heterocycles. The fourth-order valence-corrected chi connectivity index (χ4v) is 5.81. The molecule has 6 nitrogen and oxygen atoms in total. The molecular formula is C28H23N3O3S2. The number of hydrogen-bond donors (Lipinski definition) is 0. The molecule has 0 unspecified atom stereocenters.